The molecule has 0 spiro atoms. The molecule has 6 nitrogen and oxygen atoms in total. The fraction of sp³-hybridized carbons (Fsp3) is 0.273. The summed E-state index contributed by atoms with van der Waals surface area (Å²) in [4.78, 5) is 27.8. The predicted molar refractivity (Wildman–Crippen MR) is 118 cm³/mol. The number of β-lactam (4-membered cyclic amide) rings is 1. The fourth-order valence-electron chi connectivity index (χ4n) is 3.35. The van der Waals surface area contributed by atoms with Crippen LogP contribution in [0.1, 0.15) is 11.1 Å². The summed E-state index contributed by atoms with van der Waals surface area (Å²) < 4.78 is 49.1. The quantitative estimate of drug-likeness (QED) is 0.478. The Morgan fingerprint density at radius 1 is 1.18 bits per heavy atom. The molecule has 0 unspecified atom stereocenters. The summed E-state index contributed by atoms with van der Waals surface area (Å²) in [6.07, 6.45) is -4.44. The van der Waals surface area contributed by atoms with E-state index in [0.717, 1.165) is 29.5 Å². The van der Waals surface area contributed by atoms with Crippen molar-refractivity contribution in [3.05, 3.63) is 70.3 Å². The average Bonchev–Trinajstić information content (AvgIpc) is 2.81. The molecule has 2 aliphatic heterocycles. The Hall–Kier alpha value is -2.63. The molecule has 2 aromatic rings. The zero-order chi connectivity index (χ0) is 23.8. The smallest absolute Gasteiger partial charge is 0.416 e. The van der Waals surface area contributed by atoms with Gasteiger partial charge in [-0.1, -0.05) is 23.9 Å². The third-order valence-electron chi connectivity index (χ3n) is 5.12. The number of benzene rings is 2. The largest absolute Gasteiger partial charge is 0.497 e. The van der Waals surface area contributed by atoms with E-state index < -0.39 is 29.7 Å². The lowest BCUT2D eigenvalue weighted by atomic mass is 10.1. The molecule has 33 heavy (non-hydrogen) atoms. The molecule has 0 aliphatic carbocycles. The van der Waals surface area contributed by atoms with Crippen molar-refractivity contribution < 1.29 is 32.2 Å². The number of amides is 1. The van der Waals surface area contributed by atoms with Gasteiger partial charge in [-0.3, -0.25) is 9.69 Å². The second kappa shape index (κ2) is 9.32. The Labute approximate surface area is 196 Å². The topological polar surface area (TPSA) is 81.9 Å². The van der Waals surface area contributed by atoms with Crippen molar-refractivity contribution in [2.24, 2.45) is 5.73 Å². The van der Waals surface area contributed by atoms with Crippen molar-refractivity contribution in [2.75, 3.05) is 12.9 Å². The molecular formula is C22H19F3N2O4S2. The average molecular weight is 497 g/mol. The Balaban J connectivity index is 1.56. The van der Waals surface area contributed by atoms with Crippen molar-refractivity contribution in [3.8, 4) is 5.75 Å². The number of nitrogens with two attached hydrogens (primary N) is 1. The SMILES string of the molecule is COc1ccc(COC(=O)C2=C(Sc3ccc(C(F)(F)F)cc3)CS[C@H]3[C@H](N)C(=O)N23)cc1. The fourth-order valence-corrected chi connectivity index (χ4v) is 5.76. The zero-order valence-electron chi connectivity index (χ0n) is 17.3. The summed E-state index contributed by atoms with van der Waals surface area (Å²) in [6.45, 7) is -0.0174. The van der Waals surface area contributed by atoms with E-state index in [1.165, 1.54) is 28.8 Å². The van der Waals surface area contributed by atoms with Crippen LogP contribution in [0.2, 0.25) is 0 Å². The summed E-state index contributed by atoms with van der Waals surface area (Å²) in [7, 11) is 1.55. The minimum atomic E-state index is -4.44. The number of carbonyl (C=O) groups excluding carboxylic acids is 2. The van der Waals surface area contributed by atoms with Gasteiger partial charge in [0.15, 0.2) is 0 Å². The highest BCUT2D eigenvalue weighted by Gasteiger charge is 2.52. The predicted octanol–water partition coefficient (Wildman–Crippen LogP) is 4.00. The number of nitrogens with zero attached hydrogens (tertiary/aromatic N) is 1. The number of hydrogen-bond donors (Lipinski definition) is 1. The number of thioether (sulfide) groups is 2. The van der Waals surface area contributed by atoms with Crippen LogP contribution in [0.4, 0.5) is 13.2 Å². The van der Waals surface area contributed by atoms with E-state index in [4.69, 9.17) is 15.2 Å². The van der Waals surface area contributed by atoms with Crippen LogP contribution in [0.15, 0.2) is 64.0 Å². The molecule has 2 atom stereocenters. The van der Waals surface area contributed by atoms with Crippen LogP contribution < -0.4 is 10.5 Å². The van der Waals surface area contributed by atoms with E-state index in [-0.39, 0.29) is 17.7 Å². The van der Waals surface area contributed by atoms with E-state index in [2.05, 4.69) is 0 Å². The second-order valence-corrected chi connectivity index (χ2v) is 9.53. The maximum atomic E-state index is 13.0. The number of ether oxygens (including phenoxy) is 2. The van der Waals surface area contributed by atoms with Crippen molar-refractivity contribution in [1.29, 1.82) is 0 Å². The number of carbonyl (C=O) groups is 2. The Morgan fingerprint density at radius 2 is 1.85 bits per heavy atom. The minimum Gasteiger partial charge on any atom is -0.497 e. The molecule has 11 heteroatoms. The second-order valence-electron chi connectivity index (χ2n) is 7.26. The van der Waals surface area contributed by atoms with E-state index in [9.17, 15) is 22.8 Å². The van der Waals surface area contributed by atoms with Gasteiger partial charge in [0.2, 0.25) is 5.91 Å². The van der Waals surface area contributed by atoms with Crippen LogP contribution >= 0.6 is 23.5 Å². The molecule has 4 rings (SSSR count). The lowest BCUT2D eigenvalue weighted by Gasteiger charge is -2.48. The molecule has 2 N–H and O–H groups in total. The molecule has 2 heterocycles. The lowest BCUT2D eigenvalue weighted by Crippen LogP contribution is -2.68. The molecule has 0 aromatic heterocycles. The van der Waals surface area contributed by atoms with Gasteiger partial charge in [-0.15, -0.1) is 11.8 Å². The van der Waals surface area contributed by atoms with Crippen molar-refractivity contribution >= 4 is 35.4 Å². The van der Waals surface area contributed by atoms with Crippen LogP contribution in [-0.2, 0) is 27.1 Å². The summed E-state index contributed by atoms with van der Waals surface area (Å²) in [5, 5.41) is -0.377. The summed E-state index contributed by atoms with van der Waals surface area (Å²) in [6, 6.07) is 10.9. The van der Waals surface area contributed by atoms with Gasteiger partial charge in [0.1, 0.15) is 29.5 Å². The van der Waals surface area contributed by atoms with Gasteiger partial charge in [0, 0.05) is 15.6 Å². The molecule has 2 aromatic carbocycles. The van der Waals surface area contributed by atoms with Gasteiger partial charge in [-0.05, 0) is 42.0 Å². The van der Waals surface area contributed by atoms with E-state index in [1.807, 2.05) is 0 Å². The number of hydrogen-bond acceptors (Lipinski definition) is 7. The molecule has 0 bridgehead atoms. The molecule has 2 aliphatic rings. The van der Waals surface area contributed by atoms with Crippen molar-refractivity contribution in [3.63, 3.8) is 0 Å². The van der Waals surface area contributed by atoms with Crippen LogP contribution in [0.5, 0.6) is 5.75 Å². The van der Waals surface area contributed by atoms with Crippen LogP contribution in [0, 0.1) is 0 Å². The third kappa shape index (κ3) is 4.85. The minimum absolute atomic E-state index is 0.0174. The summed E-state index contributed by atoms with van der Waals surface area (Å²) in [5.41, 5.74) is 5.93. The Bertz CT molecular complexity index is 1090. The first kappa shape index (κ1) is 23.5. The van der Waals surface area contributed by atoms with Gasteiger partial charge in [-0.25, -0.2) is 4.79 Å². The third-order valence-corrected chi connectivity index (χ3v) is 7.70. The van der Waals surface area contributed by atoms with E-state index >= 15 is 0 Å². The highest BCUT2D eigenvalue weighted by Crippen LogP contribution is 2.45. The number of fused-ring (bicyclic) bond motifs is 1. The maximum absolute atomic E-state index is 13.0. The molecule has 174 valence electrons. The highest BCUT2D eigenvalue weighted by molar-refractivity contribution is 8.06. The monoisotopic (exact) mass is 496 g/mol. The first-order chi connectivity index (χ1) is 15.7. The number of esters is 1. The molecule has 0 radical (unpaired) electrons. The summed E-state index contributed by atoms with van der Waals surface area (Å²) in [5.74, 6) is -0.0453. The van der Waals surface area contributed by atoms with Crippen molar-refractivity contribution in [1.82, 2.24) is 4.90 Å². The first-order valence-corrected chi connectivity index (χ1v) is 11.6. The Kier molecular flexibility index (Phi) is 6.64. The van der Waals surface area contributed by atoms with Crippen LogP contribution in [-0.4, -0.2) is 41.1 Å². The number of halogens is 3. The zero-order valence-corrected chi connectivity index (χ0v) is 18.9. The maximum Gasteiger partial charge on any atom is 0.416 e. The van der Waals surface area contributed by atoms with Gasteiger partial charge < -0.3 is 15.2 Å². The first-order valence-electron chi connectivity index (χ1n) is 9.77. The number of rotatable bonds is 6. The van der Waals surface area contributed by atoms with E-state index in [1.54, 1.807) is 31.4 Å². The molecule has 0 saturated carbocycles. The molecule has 1 saturated heterocycles. The van der Waals surface area contributed by atoms with Gasteiger partial charge in [0.05, 0.1) is 12.7 Å². The lowest BCUT2D eigenvalue weighted by molar-refractivity contribution is -0.151. The van der Waals surface area contributed by atoms with Crippen molar-refractivity contribution in [2.45, 2.75) is 29.1 Å². The number of alkyl halides is 3. The van der Waals surface area contributed by atoms with E-state index in [0.29, 0.717) is 21.3 Å². The van der Waals surface area contributed by atoms with Gasteiger partial charge >= 0.3 is 12.1 Å². The molecule has 1 fully saturated rings. The van der Waals surface area contributed by atoms with Crippen LogP contribution in [0.25, 0.3) is 0 Å². The molecular weight excluding hydrogens is 477 g/mol. The normalized spacial score (nSPS) is 20.3. The Morgan fingerprint density at radius 3 is 2.45 bits per heavy atom. The highest BCUT2D eigenvalue weighted by atomic mass is 32.2. The summed E-state index contributed by atoms with van der Waals surface area (Å²) >= 11 is 2.53. The van der Waals surface area contributed by atoms with Gasteiger partial charge in [-0.2, -0.15) is 13.2 Å². The standard InChI is InChI=1S/C22H19F3N2O4S2/c1-30-14-6-2-12(3-7-14)10-31-21(29)18-16(11-32-20-17(26)19(28)27(18)20)33-15-8-4-13(5-9-15)22(23,24)25/h2-9,17,20H,10-11,26H2,1H3/t17-,20+/m1/s1. The van der Waals surface area contributed by atoms with Crippen LogP contribution in [0.3, 0.4) is 0 Å². The molecule has 1 amide bonds. The van der Waals surface area contributed by atoms with Gasteiger partial charge in [0.25, 0.3) is 0 Å². The number of methoxy groups -OCH3 is 1.